The van der Waals surface area contributed by atoms with Gasteiger partial charge in [0.2, 0.25) is 5.91 Å². The molecule has 4 rings (SSSR count). The van der Waals surface area contributed by atoms with Crippen molar-refractivity contribution in [2.45, 2.75) is 18.6 Å². The van der Waals surface area contributed by atoms with Crippen molar-refractivity contribution in [3.63, 3.8) is 0 Å². The highest BCUT2D eigenvalue weighted by atomic mass is 32.2. The number of hydrogen-bond donors (Lipinski definition) is 1. The van der Waals surface area contributed by atoms with E-state index in [1.54, 1.807) is 6.20 Å². The molecule has 0 radical (unpaired) electrons. The number of fused-ring (bicyclic) bond motifs is 2. The molecule has 1 N–H and O–H groups in total. The molecular formula is C20H18N4OS. The Morgan fingerprint density at radius 2 is 1.92 bits per heavy atom. The number of nitrogens with one attached hydrogen (secondary N) is 1. The molecule has 0 fully saturated rings. The molecule has 0 spiro atoms. The topological polar surface area (TPSA) is 59.8 Å². The number of rotatable bonds is 5. The van der Waals surface area contributed by atoms with E-state index in [1.807, 2.05) is 48.5 Å². The molecule has 0 unspecified atom stereocenters. The Balaban J connectivity index is 1.51. The molecule has 6 heteroatoms. The minimum atomic E-state index is -0.0546. The maximum Gasteiger partial charge on any atom is 0.234 e. The van der Waals surface area contributed by atoms with E-state index in [0.717, 1.165) is 39.3 Å². The van der Waals surface area contributed by atoms with Gasteiger partial charge in [0.1, 0.15) is 0 Å². The SMILES string of the molecule is CCn1c(SCC(=O)Nc2cccc3ncccc23)nc2ccccc21. The summed E-state index contributed by atoms with van der Waals surface area (Å²) in [4.78, 5) is 21.4. The van der Waals surface area contributed by atoms with Gasteiger partial charge in [0, 0.05) is 18.1 Å². The van der Waals surface area contributed by atoms with E-state index in [1.165, 1.54) is 11.8 Å². The van der Waals surface area contributed by atoms with Crippen molar-refractivity contribution in [3.05, 3.63) is 60.8 Å². The van der Waals surface area contributed by atoms with Crippen LogP contribution < -0.4 is 5.32 Å². The second-order valence-corrected chi connectivity index (χ2v) is 6.78. The number of carbonyl (C=O) groups is 1. The summed E-state index contributed by atoms with van der Waals surface area (Å²) in [5, 5.41) is 4.79. The van der Waals surface area contributed by atoms with E-state index in [2.05, 4.69) is 32.8 Å². The van der Waals surface area contributed by atoms with Gasteiger partial charge in [0.25, 0.3) is 0 Å². The molecule has 5 nitrogen and oxygen atoms in total. The van der Waals surface area contributed by atoms with Gasteiger partial charge < -0.3 is 9.88 Å². The lowest BCUT2D eigenvalue weighted by Gasteiger charge is -2.09. The van der Waals surface area contributed by atoms with E-state index in [0.29, 0.717) is 5.75 Å². The van der Waals surface area contributed by atoms with Gasteiger partial charge in [-0.15, -0.1) is 0 Å². The molecular weight excluding hydrogens is 344 g/mol. The highest BCUT2D eigenvalue weighted by molar-refractivity contribution is 7.99. The summed E-state index contributed by atoms with van der Waals surface area (Å²) in [5.41, 5.74) is 3.70. The Morgan fingerprint density at radius 3 is 2.81 bits per heavy atom. The second-order valence-electron chi connectivity index (χ2n) is 5.84. The first-order valence-corrected chi connectivity index (χ1v) is 9.46. The first-order chi connectivity index (χ1) is 12.8. The first-order valence-electron chi connectivity index (χ1n) is 8.48. The minimum Gasteiger partial charge on any atom is -0.325 e. The van der Waals surface area contributed by atoms with Crippen LogP contribution in [-0.4, -0.2) is 26.2 Å². The minimum absolute atomic E-state index is 0.0546. The van der Waals surface area contributed by atoms with Crippen molar-refractivity contribution in [2.24, 2.45) is 0 Å². The molecule has 130 valence electrons. The number of nitrogens with zero attached hydrogens (tertiary/aromatic N) is 3. The molecule has 4 aromatic rings. The van der Waals surface area contributed by atoms with Gasteiger partial charge in [0.15, 0.2) is 5.16 Å². The van der Waals surface area contributed by atoms with Crippen LogP contribution in [0.4, 0.5) is 5.69 Å². The maximum absolute atomic E-state index is 12.5. The van der Waals surface area contributed by atoms with Crippen molar-refractivity contribution < 1.29 is 4.79 Å². The highest BCUT2D eigenvalue weighted by Crippen LogP contribution is 2.25. The van der Waals surface area contributed by atoms with Crippen LogP contribution >= 0.6 is 11.8 Å². The van der Waals surface area contributed by atoms with E-state index in [-0.39, 0.29) is 5.91 Å². The summed E-state index contributed by atoms with van der Waals surface area (Å²) >= 11 is 1.45. The summed E-state index contributed by atoms with van der Waals surface area (Å²) in [6.45, 7) is 2.90. The normalized spacial score (nSPS) is 11.1. The third-order valence-electron chi connectivity index (χ3n) is 4.19. The van der Waals surface area contributed by atoms with Crippen LogP contribution in [0.2, 0.25) is 0 Å². The van der Waals surface area contributed by atoms with Gasteiger partial charge in [-0.3, -0.25) is 9.78 Å². The van der Waals surface area contributed by atoms with E-state index in [9.17, 15) is 4.79 Å². The molecule has 0 atom stereocenters. The lowest BCUT2D eigenvalue weighted by molar-refractivity contribution is -0.113. The molecule has 0 saturated heterocycles. The fourth-order valence-corrected chi connectivity index (χ4v) is 3.88. The van der Waals surface area contributed by atoms with Gasteiger partial charge in [0.05, 0.1) is 28.0 Å². The Labute approximate surface area is 155 Å². The predicted octanol–water partition coefficient (Wildman–Crippen LogP) is 4.34. The summed E-state index contributed by atoms with van der Waals surface area (Å²) in [5.74, 6) is 0.251. The molecule has 0 aliphatic carbocycles. The lowest BCUT2D eigenvalue weighted by atomic mass is 10.2. The molecule has 0 aliphatic rings. The van der Waals surface area contributed by atoms with Crippen LogP contribution in [0.15, 0.2) is 66.0 Å². The summed E-state index contributed by atoms with van der Waals surface area (Å²) in [6, 6.07) is 17.6. The van der Waals surface area contributed by atoms with Crippen LogP contribution in [0.25, 0.3) is 21.9 Å². The number of para-hydroxylation sites is 2. The molecule has 0 saturated carbocycles. The number of thioether (sulfide) groups is 1. The number of imidazole rings is 1. The molecule has 0 bridgehead atoms. The van der Waals surface area contributed by atoms with Gasteiger partial charge in [-0.05, 0) is 43.3 Å². The fraction of sp³-hybridized carbons (Fsp3) is 0.150. The third kappa shape index (κ3) is 3.15. The second kappa shape index (κ2) is 7.17. The lowest BCUT2D eigenvalue weighted by Crippen LogP contribution is -2.14. The summed E-state index contributed by atoms with van der Waals surface area (Å²) in [6.07, 6.45) is 1.75. The molecule has 2 aromatic carbocycles. The molecule has 26 heavy (non-hydrogen) atoms. The number of benzene rings is 2. The Hall–Kier alpha value is -2.86. The van der Waals surface area contributed by atoms with Crippen molar-refractivity contribution in [3.8, 4) is 0 Å². The average molecular weight is 362 g/mol. The number of anilines is 1. The first kappa shape index (κ1) is 16.6. The zero-order chi connectivity index (χ0) is 17.9. The van der Waals surface area contributed by atoms with Gasteiger partial charge in [-0.1, -0.05) is 30.0 Å². The zero-order valence-corrected chi connectivity index (χ0v) is 15.2. The van der Waals surface area contributed by atoms with Crippen molar-refractivity contribution >= 4 is 45.3 Å². The van der Waals surface area contributed by atoms with E-state index in [4.69, 9.17) is 0 Å². The smallest absolute Gasteiger partial charge is 0.234 e. The predicted molar refractivity (Wildman–Crippen MR) is 107 cm³/mol. The highest BCUT2D eigenvalue weighted by Gasteiger charge is 2.12. The molecule has 0 aliphatic heterocycles. The van der Waals surface area contributed by atoms with E-state index < -0.39 is 0 Å². The quantitative estimate of drug-likeness (QED) is 0.537. The number of amides is 1. The average Bonchev–Trinajstić information content (AvgIpc) is 3.04. The third-order valence-corrected chi connectivity index (χ3v) is 5.16. The summed E-state index contributed by atoms with van der Waals surface area (Å²) < 4.78 is 2.13. The Kier molecular flexibility index (Phi) is 4.58. The monoisotopic (exact) mass is 362 g/mol. The van der Waals surface area contributed by atoms with Crippen LogP contribution in [0.1, 0.15) is 6.92 Å². The number of pyridine rings is 1. The largest absolute Gasteiger partial charge is 0.325 e. The van der Waals surface area contributed by atoms with Crippen LogP contribution in [0.5, 0.6) is 0 Å². The zero-order valence-electron chi connectivity index (χ0n) is 14.3. The van der Waals surface area contributed by atoms with Crippen molar-refractivity contribution in [2.75, 3.05) is 11.1 Å². The molecule has 2 aromatic heterocycles. The van der Waals surface area contributed by atoms with Gasteiger partial charge >= 0.3 is 0 Å². The number of aryl methyl sites for hydroxylation is 1. The fourth-order valence-electron chi connectivity index (χ4n) is 3.00. The molecule has 1 amide bonds. The maximum atomic E-state index is 12.5. The van der Waals surface area contributed by atoms with Crippen molar-refractivity contribution in [1.82, 2.24) is 14.5 Å². The summed E-state index contributed by atoms with van der Waals surface area (Å²) in [7, 11) is 0. The molecule has 2 heterocycles. The van der Waals surface area contributed by atoms with Gasteiger partial charge in [-0.25, -0.2) is 4.98 Å². The number of carbonyl (C=O) groups excluding carboxylic acids is 1. The van der Waals surface area contributed by atoms with Crippen molar-refractivity contribution in [1.29, 1.82) is 0 Å². The number of aromatic nitrogens is 3. The van der Waals surface area contributed by atoms with Crippen LogP contribution in [0, 0.1) is 0 Å². The standard InChI is InChI=1S/C20H18N4OS/c1-2-24-18-11-4-3-8-17(18)23-20(24)26-13-19(25)22-16-10-5-9-15-14(16)7-6-12-21-15/h3-12H,2,13H2,1H3,(H,22,25). The Bertz CT molecular complexity index is 1080. The van der Waals surface area contributed by atoms with Gasteiger partial charge in [-0.2, -0.15) is 0 Å². The number of hydrogen-bond acceptors (Lipinski definition) is 4. The Morgan fingerprint density at radius 1 is 1.08 bits per heavy atom. The van der Waals surface area contributed by atoms with Crippen LogP contribution in [0.3, 0.4) is 0 Å². The van der Waals surface area contributed by atoms with Crippen LogP contribution in [-0.2, 0) is 11.3 Å². The van der Waals surface area contributed by atoms with E-state index >= 15 is 0 Å².